The van der Waals surface area contributed by atoms with Crippen LogP contribution in [0, 0.1) is 11.8 Å². The van der Waals surface area contributed by atoms with E-state index in [-0.39, 0.29) is 17.9 Å². The number of nitrogens with one attached hydrogen (secondary N) is 2. The molecule has 1 unspecified atom stereocenters. The Hall–Kier alpha value is -1.55. The first kappa shape index (κ1) is 14.4. The van der Waals surface area contributed by atoms with Crippen molar-refractivity contribution in [1.29, 1.82) is 0 Å². The molecule has 1 aromatic rings. The second kappa shape index (κ2) is 6.48. The van der Waals surface area contributed by atoms with Crippen LogP contribution in [-0.2, 0) is 4.79 Å². The highest BCUT2D eigenvalue weighted by molar-refractivity contribution is 5.79. The molecule has 2 fully saturated rings. The van der Waals surface area contributed by atoms with Gasteiger partial charge in [-0.1, -0.05) is 12.1 Å². The molecule has 0 radical (unpaired) electrons. The van der Waals surface area contributed by atoms with Gasteiger partial charge in [0.2, 0.25) is 5.91 Å². The number of rotatable bonds is 5. The summed E-state index contributed by atoms with van der Waals surface area (Å²) in [5, 5.41) is 6.60. The summed E-state index contributed by atoms with van der Waals surface area (Å²) >= 11 is 0. The average molecular weight is 288 g/mol. The van der Waals surface area contributed by atoms with Crippen LogP contribution >= 0.6 is 0 Å². The summed E-state index contributed by atoms with van der Waals surface area (Å²) in [6.45, 7) is 1.91. The summed E-state index contributed by atoms with van der Waals surface area (Å²) in [4.78, 5) is 12.5. The summed E-state index contributed by atoms with van der Waals surface area (Å²) in [7, 11) is 1.67. The van der Waals surface area contributed by atoms with Crippen molar-refractivity contribution in [2.24, 2.45) is 11.8 Å². The monoisotopic (exact) mass is 288 g/mol. The minimum atomic E-state index is 0.165. The number of methoxy groups -OCH3 is 1. The molecule has 4 heteroatoms. The quantitative estimate of drug-likeness (QED) is 0.874. The van der Waals surface area contributed by atoms with Crippen molar-refractivity contribution in [3.05, 3.63) is 29.8 Å². The van der Waals surface area contributed by atoms with Gasteiger partial charge < -0.3 is 15.4 Å². The first-order chi connectivity index (χ1) is 10.3. The van der Waals surface area contributed by atoms with E-state index in [1.165, 1.54) is 18.4 Å². The van der Waals surface area contributed by atoms with Crippen molar-refractivity contribution in [1.82, 2.24) is 10.6 Å². The molecule has 0 spiro atoms. The van der Waals surface area contributed by atoms with E-state index in [9.17, 15) is 4.79 Å². The van der Waals surface area contributed by atoms with Gasteiger partial charge in [-0.05, 0) is 62.4 Å². The van der Waals surface area contributed by atoms with Crippen molar-refractivity contribution in [2.75, 3.05) is 20.2 Å². The van der Waals surface area contributed by atoms with E-state index < -0.39 is 0 Å². The third-order valence-corrected chi connectivity index (χ3v) is 4.58. The molecule has 1 saturated carbocycles. The molecule has 0 bridgehead atoms. The van der Waals surface area contributed by atoms with Gasteiger partial charge in [0.25, 0.3) is 0 Å². The third-order valence-electron chi connectivity index (χ3n) is 4.58. The van der Waals surface area contributed by atoms with Crippen molar-refractivity contribution in [3.63, 3.8) is 0 Å². The normalized spacial score (nSPS) is 20.8. The lowest BCUT2D eigenvalue weighted by Gasteiger charge is -2.26. The molecule has 1 aromatic carbocycles. The molecule has 1 aliphatic carbocycles. The van der Waals surface area contributed by atoms with Gasteiger partial charge in [-0.15, -0.1) is 0 Å². The molecule has 0 aromatic heterocycles. The molecule has 3 rings (SSSR count). The summed E-state index contributed by atoms with van der Waals surface area (Å²) in [5.41, 5.74) is 1.19. The van der Waals surface area contributed by atoms with E-state index in [4.69, 9.17) is 4.74 Å². The molecule has 1 atom stereocenters. The highest BCUT2D eigenvalue weighted by Gasteiger charge is 2.34. The Kier molecular flexibility index (Phi) is 4.44. The Labute approximate surface area is 126 Å². The van der Waals surface area contributed by atoms with Crippen LogP contribution in [0.2, 0.25) is 0 Å². The molecule has 21 heavy (non-hydrogen) atoms. The molecule has 2 N–H and O–H groups in total. The third kappa shape index (κ3) is 3.56. The zero-order chi connectivity index (χ0) is 14.7. The van der Waals surface area contributed by atoms with E-state index in [0.717, 1.165) is 31.7 Å². The minimum Gasteiger partial charge on any atom is -0.497 e. The van der Waals surface area contributed by atoms with Gasteiger partial charge >= 0.3 is 0 Å². The zero-order valence-electron chi connectivity index (χ0n) is 12.6. The lowest BCUT2D eigenvalue weighted by molar-refractivity contribution is -0.126. The number of hydrogen-bond donors (Lipinski definition) is 2. The van der Waals surface area contributed by atoms with Crippen LogP contribution in [0.25, 0.3) is 0 Å². The predicted octanol–water partition coefficient (Wildman–Crippen LogP) is 2.26. The summed E-state index contributed by atoms with van der Waals surface area (Å²) in [6, 6.07) is 8.26. The Morgan fingerprint density at radius 2 is 1.86 bits per heavy atom. The second-order valence-electron chi connectivity index (χ2n) is 6.12. The van der Waals surface area contributed by atoms with Crippen molar-refractivity contribution in [2.45, 2.75) is 31.7 Å². The summed E-state index contributed by atoms with van der Waals surface area (Å²) in [6.07, 6.45) is 4.32. The molecule has 114 valence electrons. The van der Waals surface area contributed by atoms with Gasteiger partial charge in [-0.25, -0.2) is 0 Å². The Bertz CT molecular complexity index is 476. The molecule has 1 amide bonds. The molecule has 4 nitrogen and oxygen atoms in total. The molecule has 1 aliphatic heterocycles. The standard InChI is InChI=1S/C17H24N2O2/c1-21-15-6-4-13(5-7-15)16(12-2-3-12)19-17(20)14-8-10-18-11-9-14/h4-7,12,14,16,18H,2-3,8-11H2,1H3,(H,19,20). The maximum atomic E-state index is 12.5. The topological polar surface area (TPSA) is 50.4 Å². The molecule has 2 aliphatic rings. The first-order valence-corrected chi connectivity index (χ1v) is 7.93. The second-order valence-corrected chi connectivity index (χ2v) is 6.12. The van der Waals surface area contributed by atoms with Crippen LogP contribution in [0.5, 0.6) is 5.75 Å². The van der Waals surface area contributed by atoms with E-state index in [0.29, 0.717) is 5.92 Å². The van der Waals surface area contributed by atoms with Crippen LogP contribution in [0.15, 0.2) is 24.3 Å². The Balaban J connectivity index is 1.67. The van der Waals surface area contributed by atoms with Gasteiger partial charge in [-0.2, -0.15) is 0 Å². The highest BCUT2D eigenvalue weighted by Crippen LogP contribution is 2.41. The SMILES string of the molecule is COc1ccc(C(NC(=O)C2CCNCC2)C2CC2)cc1. The van der Waals surface area contributed by atoms with E-state index in [2.05, 4.69) is 22.8 Å². The highest BCUT2D eigenvalue weighted by atomic mass is 16.5. The maximum Gasteiger partial charge on any atom is 0.223 e. The number of ether oxygens (including phenoxy) is 1. The van der Waals surface area contributed by atoms with E-state index in [1.807, 2.05) is 12.1 Å². The molecule has 1 saturated heterocycles. The van der Waals surface area contributed by atoms with E-state index in [1.54, 1.807) is 7.11 Å². The summed E-state index contributed by atoms with van der Waals surface area (Å²) in [5.74, 6) is 1.86. The van der Waals surface area contributed by atoms with E-state index >= 15 is 0 Å². The van der Waals surface area contributed by atoms with Crippen molar-refractivity contribution >= 4 is 5.91 Å². The molecular weight excluding hydrogens is 264 g/mol. The lowest BCUT2D eigenvalue weighted by Crippen LogP contribution is -2.40. The fourth-order valence-corrected chi connectivity index (χ4v) is 3.07. The van der Waals surface area contributed by atoms with Crippen molar-refractivity contribution < 1.29 is 9.53 Å². The number of hydrogen-bond acceptors (Lipinski definition) is 3. The Morgan fingerprint density at radius 1 is 1.19 bits per heavy atom. The van der Waals surface area contributed by atoms with Gasteiger partial charge in [0.1, 0.15) is 5.75 Å². The first-order valence-electron chi connectivity index (χ1n) is 7.93. The van der Waals surface area contributed by atoms with Crippen LogP contribution in [0.3, 0.4) is 0 Å². The number of piperidine rings is 1. The largest absolute Gasteiger partial charge is 0.497 e. The zero-order valence-corrected chi connectivity index (χ0v) is 12.6. The lowest BCUT2D eigenvalue weighted by atomic mass is 9.95. The number of amides is 1. The average Bonchev–Trinajstić information content (AvgIpc) is 3.38. The van der Waals surface area contributed by atoms with Gasteiger partial charge in [-0.3, -0.25) is 4.79 Å². The van der Waals surface area contributed by atoms with Gasteiger partial charge in [0.05, 0.1) is 13.2 Å². The molecule has 1 heterocycles. The fourth-order valence-electron chi connectivity index (χ4n) is 3.07. The van der Waals surface area contributed by atoms with Crippen molar-refractivity contribution in [3.8, 4) is 5.75 Å². The maximum absolute atomic E-state index is 12.5. The molecular formula is C17H24N2O2. The smallest absolute Gasteiger partial charge is 0.223 e. The number of carbonyl (C=O) groups is 1. The minimum absolute atomic E-state index is 0.165. The van der Waals surface area contributed by atoms with Crippen LogP contribution in [0.4, 0.5) is 0 Å². The van der Waals surface area contributed by atoms with Gasteiger partial charge in [0.15, 0.2) is 0 Å². The van der Waals surface area contributed by atoms with Crippen LogP contribution < -0.4 is 15.4 Å². The summed E-state index contributed by atoms with van der Waals surface area (Å²) < 4.78 is 5.21. The Morgan fingerprint density at radius 3 is 2.43 bits per heavy atom. The number of carbonyl (C=O) groups excluding carboxylic acids is 1. The number of benzene rings is 1. The fraction of sp³-hybridized carbons (Fsp3) is 0.588. The van der Waals surface area contributed by atoms with Crippen LogP contribution in [0.1, 0.15) is 37.3 Å². The predicted molar refractivity (Wildman–Crippen MR) is 82.2 cm³/mol. The van der Waals surface area contributed by atoms with Crippen LogP contribution in [-0.4, -0.2) is 26.1 Å². The van der Waals surface area contributed by atoms with Gasteiger partial charge in [0, 0.05) is 5.92 Å².